The van der Waals surface area contributed by atoms with Gasteiger partial charge in [-0.05, 0) is 12.8 Å². The maximum absolute atomic E-state index is 12.0. The molecule has 1 aliphatic heterocycles. The highest BCUT2D eigenvalue weighted by Gasteiger charge is 2.38. The van der Waals surface area contributed by atoms with Gasteiger partial charge in [-0.25, -0.2) is 4.68 Å². The third kappa shape index (κ3) is 2.17. The molecule has 1 aliphatic carbocycles. The van der Waals surface area contributed by atoms with Crippen molar-refractivity contribution in [2.75, 3.05) is 27.2 Å². The second-order valence-electron chi connectivity index (χ2n) is 5.81. The van der Waals surface area contributed by atoms with Crippen molar-refractivity contribution in [2.45, 2.75) is 25.3 Å². The molecule has 0 spiro atoms. The fourth-order valence-electron chi connectivity index (χ4n) is 2.50. The molecule has 108 valence electrons. The number of nitrogens with zero attached hydrogens (tertiary/aromatic N) is 5. The molecular weight excluding hydrogens is 258 g/mol. The molecule has 7 nitrogen and oxygen atoms in total. The van der Waals surface area contributed by atoms with Crippen LogP contribution in [0.25, 0.3) is 0 Å². The third-order valence-electron chi connectivity index (χ3n) is 4.14. The fourth-order valence-corrected chi connectivity index (χ4v) is 2.50. The van der Waals surface area contributed by atoms with Crippen LogP contribution in [0.3, 0.4) is 0 Å². The van der Waals surface area contributed by atoms with Gasteiger partial charge in [-0.2, -0.15) is 0 Å². The van der Waals surface area contributed by atoms with Gasteiger partial charge in [-0.1, -0.05) is 11.6 Å². The summed E-state index contributed by atoms with van der Waals surface area (Å²) in [5.41, 5.74) is 0.346. The molecule has 0 radical (unpaired) electrons. The summed E-state index contributed by atoms with van der Waals surface area (Å²) in [5.74, 6) is 0.368. The van der Waals surface area contributed by atoms with Crippen LogP contribution in [0.2, 0.25) is 0 Å². The lowest BCUT2D eigenvalue weighted by molar-refractivity contribution is -0.144. The zero-order chi connectivity index (χ0) is 14.3. The fraction of sp³-hybridized carbons (Fsp3) is 0.692. The maximum Gasteiger partial charge on any atom is 0.275 e. The first-order valence-corrected chi connectivity index (χ1v) is 6.98. The Balaban J connectivity index is 1.57. The lowest BCUT2D eigenvalue weighted by atomic mass is 9.83. The van der Waals surface area contributed by atoms with Gasteiger partial charge >= 0.3 is 0 Å². The molecule has 0 N–H and O–H groups in total. The lowest BCUT2D eigenvalue weighted by Gasteiger charge is -2.42. The smallest absolute Gasteiger partial charge is 0.275 e. The van der Waals surface area contributed by atoms with Gasteiger partial charge in [0.15, 0.2) is 5.69 Å². The zero-order valence-electron chi connectivity index (χ0n) is 11.8. The summed E-state index contributed by atoms with van der Waals surface area (Å²) in [5, 5.41) is 7.89. The van der Waals surface area contributed by atoms with E-state index in [0.29, 0.717) is 18.8 Å². The van der Waals surface area contributed by atoms with E-state index in [0.717, 1.165) is 12.8 Å². The van der Waals surface area contributed by atoms with E-state index in [4.69, 9.17) is 0 Å². The number of hydrogen-bond acceptors (Lipinski definition) is 4. The van der Waals surface area contributed by atoms with Gasteiger partial charge in [0, 0.05) is 33.1 Å². The first-order valence-electron chi connectivity index (χ1n) is 6.98. The van der Waals surface area contributed by atoms with Crippen molar-refractivity contribution in [2.24, 2.45) is 5.92 Å². The Morgan fingerprint density at radius 3 is 2.55 bits per heavy atom. The summed E-state index contributed by atoms with van der Waals surface area (Å²) >= 11 is 0. The highest BCUT2D eigenvalue weighted by molar-refractivity contribution is 5.91. The molecule has 7 heteroatoms. The Bertz CT molecular complexity index is 529. The van der Waals surface area contributed by atoms with Crippen LogP contribution in [0, 0.1) is 5.92 Å². The van der Waals surface area contributed by atoms with Crippen LogP contribution in [0.15, 0.2) is 6.20 Å². The van der Waals surface area contributed by atoms with Gasteiger partial charge in [0.25, 0.3) is 5.91 Å². The van der Waals surface area contributed by atoms with Crippen LogP contribution < -0.4 is 0 Å². The van der Waals surface area contributed by atoms with Gasteiger partial charge in [0.2, 0.25) is 5.91 Å². The van der Waals surface area contributed by atoms with Crippen molar-refractivity contribution in [3.63, 3.8) is 0 Å². The van der Waals surface area contributed by atoms with Crippen molar-refractivity contribution < 1.29 is 9.59 Å². The molecule has 1 aromatic heterocycles. The van der Waals surface area contributed by atoms with E-state index in [9.17, 15) is 9.59 Å². The van der Waals surface area contributed by atoms with E-state index in [1.165, 1.54) is 11.3 Å². The summed E-state index contributed by atoms with van der Waals surface area (Å²) < 4.78 is 1.70. The SMILES string of the molecule is CN(C)C(=O)c1cn(C2CN(C(=O)C3CCC3)C2)nn1. The molecule has 0 atom stereocenters. The Morgan fingerprint density at radius 1 is 1.30 bits per heavy atom. The standard InChI is InChI=1S/C13H19N5O2/c1-16(2)13(20)11-8-18(15-14-11)10-6-17(7-10)12(19)9-4-3-5-9/h8-10H,3-7H2,1-2H3. The van der Waals surface area contributed by atoms with Gasteiger partial charge in [0.05, 0.1) is 12.2 Å². The quantitative estimate of drug-likeness (QED) is 0.789. The summed E-state index contributed by atoms with van der Waals surface area (Å²) in [6.07, 6.45) is 4.90. The van der Waals surface area contributed by atoms with Gasteiger partial charge in [-0.3, -0.25) is 9.59 Å². The summed E-state index contributed by atoms with van der Waals surface area (Å²) in [6, 6.07) is 0.148. The molecule has 2 heterocycles. The summed E-state index contributed by atoms with van der Waals surface area (Å²) in [6.45, 7) is 1.35. The molecule has 1 saturated carbocycles. The Hall–Kier alpha value is -1.92. The molecule has 3 rings (SSSR count). The molecule has 1 aromatic rings. The van der Waals surface area contributed by atoms with E-state index in [1.807, 2.05) is 4.90 Å². The maximum atomic E-state index is 12.0. The zero-order valence-corrected chi connectivity index (χ0v) is 11.8. The number of likely N-dealkylation sites (tertiary alicyclic amines) is 1. The Labute approximate surface area is 117 Å². The summed E-state index contributed by atoms with van der Waals surface area (Å²) in [7, 11) is 3.37. The average molecular weight is 277 g/mol. The number of carbonyl (C=O) groups is 2. The van der Waals surface area contributed by atoms with E-state index in [-0.39, 0.29) is 23.8 Å². The molecule has 2 amide bonds. The van der Waals surface area contributed by atoms with Crippen LogP contribution in [0.4, 0.5) is 0 Å². The Morgan fingerprint density at radius 2 is 2.00 bits per heavy atom. The third-order valence-corrected chi connectivity index (χ3v) is 4.14. The van der Waals surface area contributed by atoms with Crippen molar-refractivity contribution >= 4 is 11.8 Å². The molecule has 0 unspecified atom stereocenters. The van der Waals surface area contributed by atoms with Gasteiger partial charge in [-0.15, -0.1) is 5.10 Å². The average Bonchev–Trinajstić information content (AvgIpc) is 2.72. The predicted octanol–water partition coefficient (Wildman–Crippen LogP) is 0.163. The molecule has 20 heavy (non-hydrogen) atoms. The molecule has 0 aromatic carbocycles. The Kier molecular flexibility index (Phi) is 3.19. The number of amides is 2. The minimum Gasteiger partial charge on any atom is -0.343 e. The first-order chi connectivity index (χ1) is 9.56. The van der Waals surface area contributed by atoms with E-state index in [1.54, 1.807) is 25.0 Å². The van der Waals surface area contributed by atoms with E-state index >= 15 is 0 Å². The second kappa shape index (κ2) is 4.88. The normalized spacial score (nSPS) is 19.4. The summed E-state index contributed by atoms with van der Waals surface area (Å²) in [4.78, 5) is 27.1. The molecule has 0 bridgehead atoms. The van der Waals surface area contributed by atoms with Crippen molar-refractivity contribution in [3.8, 4) is 0 Å². The van der Waals surface area contributed by atoms with Crippen molar-refractivity contribution in [3.05, 3.63) is 11.9 Å². The monoisotopic (exact) mass is 277 g/mol. The molecule has 1 saturated heterocycles. The van der Waals surface area contributed by atoms with E-state index < -0.39 is 0 Å². The highest BCUT2D eigenvalue weighted by atomic mass is 16.2. The first kappa shape index (κ1) is 13.1. The largest absolute Gasteiger partial charge is 0.343 e. The van der Waals surface area contributed by atoms with Crippen LogP contribution in [-0.4, -0.2) is 63.8 Å². The predicted molar refractivity (Wildman–Crippen MR) is 71.0 cm³/mol. The topological polar surface area (TPSA) is 71.3 Å². The van der Waals surface area contributed by atoms with Gasteiger partial charge < -0.3 is 9.80 Å². The number of hydrogen-bond donors (Lipinski definition) is 0. The molecule has 2 aliphatic rings. The van der Waals surface area contributed by atoms with Crippen LogP contribution in [0.1, 0.15) is 35.8 Å². The lowest BCUT2D eigenvalue weighted by Crippen LogP contribution is -2.53. The van der Waals surface area contributed by atoms with Crippen LogP contribution in [-0.2, 0) is 4.79 Å². The number of carbonyl (C=O) groups excluding carboxylic acids is 2. The molecule has 2 fully saturated rings. The minimum absolute atomic E-state index is 0.148. The van der Waals surface area contributed by atoms with Crippen molar-refractivity contribution in [1.29, 1.82) is 0 Å². The van der Waals surface area contributed by atoms with Crippen molar-refractivity contribution in [1.82, 2.24) is 24.8 Å². The van der Waals surface area contributed by atoms with Crippen LogP contribution >= 0.6 is 0 Å². The van der Waals surface area contributed by atoms with Crippen LogP contribution in [0.5, 0.6) is 0 Å². The minimum atomic E-state index is -0.155. The van der Waals surface area contributed by atoms with E-state index in [2.05, 4.69) is 10.3 Å². The number of aromatic nitrogens is 3. The van der Waals surface area contributed by atoms with Gasteiger partial charge in [0.1, 0.15) is 0 Å². The molecular formula is C13H19N5O2. The number of rotatable bonds is 3. The highest BCUT2D eigenvalue weighted by Crippen LogP contribution is 2.31. The second-order valence-corrected chi connectivity index (χ2v) is 5.81.